The van der Waals surface area contributed by atoms with Gasteiger partial charge in [-0.05, 0) is 37.8 Å². The molecule has 0 radical (unpaired) electrons. The summed E-state index contributed by atoms with van der Waals surface area (Å²) in [6.07, 6.45) is 2.36. The number of nitrogens with one attached hydrogen (secondary N) is 1. The van der Waals surface area contributed by atoms with Gasteiger partial charge in [-0.1, -0.05) is 12.1 Å². The first-order valence-corrected chi connectivity index (χ1v) is 5.89. The van der Waals surface area contributed by atoms with Crippen molar-refractivity contribution in [1.29, 1.82) is 0 Å². The van der Waals surface area contributed by atoms with Crippen molar-refractivity contribution >= 4 is 11.6 Å². The largest absolute Gasteiger partial charge is 0.328 e. The maximum atomic E-state index is 13.7. The molecule has 4 heteroatoms. The molecule has 0 heterocycles. The number of hydrogen-bond donors (Lipinski definition) is 2. The highest BCUT2D eigenvalue weighted by Gasteiger charge is 2.28. The highest BCUT2D eigenvalue weighted by atomic mass is 19.1. The van der Waals surface area contributed by atoms with Crippen LogP contribution in [0.1, 0.15) is 24.8 Å². The number of anilines is 1. The molecule has 1 aliphatic carbocycles. The lowest BCUT2D eigenvalue weighted by Gasteiger charge is -2.12. The maximum Gasteiger partial charge on any atom is 0.227 e. The van der Waals surface area contributed by atoms with Crippen LogP contribution in [0.5, 0.6) is 0 Å². The van der Waals surface area contributed by atoms with Crippen LogP contribution in [-0.2, 0) is 4.79 Å². The Morgan fingerprint density at radius 3 is 2.88 bits per heavy atom. The van der Waals surface area contributed by atoms with Crippen LogP contribution in [0.25, 0.3) is 0 Å². The molecule has 1 saturated carbocycles. The minimum atomic E-state index is -0.358. The molecule has 0 aromatic heterocycles. The van der Waals surface area contributed by atoms with Gasteiger partial charge in [0.2, 0.25) is 5.91 Å². The number of nitrogens with two attached hydrogens (primary N) is 1. The summed E-state index contributed by atoms with van der Waals surface area (Å²) in [6, 6.07) is 5.09. The Kier molecular flexibility index (Phi) is 3.43. The summed E-state index contributed by atoms with van der Waals surface area (Å²) in [5, 5.41) is 2.64. The SMILES string of the molecule is Cc1cccc(NC(=O)C2CCC(N)C2)c1F. The van der Waals surface area contributed by atoms with Gasteiger partial charge >= 0.3 is 0 Å². The lowest BCUT2D eigenvalue weighted by molar-refractivity contribution is -0.119. The van der Waals surface area contributed by atoms with Gasteiger partial charge in [0.15, 0.2) is 0 Å². The Balaban J connectivity index is 2.06. The Morgan fingerprint density at radius 2 is 2.24 bits per heavy atom. The van der Waals surface area contributed by atoms with Gasteiger partial charge in [-0.3, -0.25) is 4.79 Å². The smallest absolute Gasteiger partial charge is 0.227 e. The second kappa shape index (κ2) is 4.84. The van der Waals surface area contributed by atoms with Crippen molar-refractivity contribution < 1.29 is 9.18 Å². The lowest BCUT2D eigenvalue weighted by atomic mass is 10.1. The molecule has 0 spiro atoms. The van der Waals surface area contributed by atoms with Crippen LogP contribution < -0.4 is 11.1 Å². The average Bonchev–Trinajstić information content (AvgIpc) is 2.72. The summed E-state index contributed by atoms with van der Waals surface area (Å²) in [6.45, 7) is 1.68. The Morgan fingerprint density at radius 1 is 1.47 bits per heavy atom. The molecule has 17 heavy (non-hydrogen) atoms. The Bertz CT molecular complexity index is 433. The summed E-state index contributed by atoms with van der Waals surface area (Å²) in [4.78, 5) is 11.9. The lowest BCUT2D eigenvalue weighted by Crippen LogP contribution is -2.23. The molecule has 92 valence electrons. The zero-order chi connectivity index (χ0) is 12.4. The normalized spacial score (nSPS) is 23.7. The first-order chi connectivity index (χ1) is 8.08. The molecular formula is C13H17FN2O. The van der Waals surface area contributed by atoms with Gasteiger partial charge in [0.1, 0.15) is 5.82 Å². The zero-order valence-corrected chi connectivity index (χ0v) is 9.87. The van der Waals surface area contributed by atoms with Gasteiger partial charge in [0.25, 0.3) is 0 Å². The highest BCUT2D eigenvalue weighted by molar-refractivity contribution is 5.93. The molecule has 1 amide bonds. The van der Waals surface area contributed by atoms with Crippen LogP contribution in [0.3, 0.4) is 0 Å². The first-order valence-electron chi connectivity index (χ1n) is 5.89. The quantitative estimate of drug-likeness (QED) is 0.827. The molecule has 3 nitrogen and oxygen atoms in total. The molecule has 1 aromatic rings. The maximum absolute atomic E-state index is 13.7. The second-order valence-corrected chi connectivity index (χ2v) is 4.70. The molecule has 1 fully saturated rings. The van der Waals surface area contributed by atoms with Gasteiger partial charge in [0.05, 0.1) is 5.69 Å². The van der Waals surface area contributed by atoms with Crippen molar-refractivity contribution in [3.8, 4) is 0 Å². The van der Waals surface area contributed by atoms with Gasteiger partial charge in [-0.2, -0.15) is 0 Å². The third kappa shape index (κ3) is 2.64. The molecule has 0 saturated heterocycles. The van der Waals surface area contributed by atoms with E-state index in [1.165, 1.54) is 0 Å². The fourth-order valence-corrected chi connectivity index (χ4v) is 2.23. The van der Waals surface area contributed by atoms with Crippen molar-refractivity contribution in [3.63, 3.8) is 0 Å². The Labute approximate surface area is 100 Å². The number of carbonyl (C=O) groups excluding carboxylic acids is 1. The monoisotopic (exact) mass is 236 g/mol. The molecule has 2 rings (SSSR count). The molecule has 2 atom stereocenters. The number of carbonyl (C=O) groups is 1. The summed E-state index contributed by atoms with van der Waals surface area (Å²) in [5.41, 5.74) is 6.55. The minimum absolute atomic E-state index is 0.0788. The average molecular weight is 236 g/mol. The fourth-order valence-electron chi connectivity index (χ4n) is 2.23. The van der Waals surface area contributed by atoms with Crippen molar-refractivity contribution in [2.75, 3.05) is 5.32 Å². The molecule has 0 aliphatic heterocycles. The van der Waals surface area contributed by atoms with Gasteiger partial charge in [-0.25, -0.2) is 4.39 Å². The number of hydrogen-bond acceptors (Lipinski definition) is 2. The molecular weight excluding hydrogens is 219 g/mol. The predicted molar refractivity (Wildman–Crippen MR) is 65.1 cm³/mol. The van der Waals surface area contributed by atoms with E-state index in [0.29, 0.717) is 12.0 Å². The third-order valence-corrected chi connectivity index (χ3v) is 3.29. The van der Waals surface area contributed by atoms with Gasteiger partial charge in [-0.15, -0.1) is 0 Å². The van der Waals surface area contributed by atoms with E-state index in [4.69, 9.17) is 5.73 Å². The van der Waals surface area contributed by atoms with Crippen molar-refractivity contribution in [3.05, 3.63) is 29.6 Å². The highest BCUT2D eigenvalue weighted by Crippen LogP contribution is 2.26. The third-order valence-electron chi connectivity index (χ3n) is 3.29. The summed E-state index contributed by atoms with van der Waals surface area (Å²) in [5.74, 6) is -0.560. The molecule has 1 aromatic carbocycles. The number of halogens is 1. The van der Waals surface area contributed by atoms with Crippen LogP contribution in [0.2, 0.25) is 0 Å². The van der Waals surface area contributed by atoms with Gasteiger partial charge < -0.3 is 11.1 Å². The van der Waals surface area contributed by atoms with E-state index >= 15 is 0 Å². The molecule has 1 aliphatic rings. The minimum Gasteiger partial charge on any atom is -0.328 e. The van der Waals surface area contributed by atoms with E-state index in [2.05, 4.69) is 5.32 Å². The van der Waals surface area contributed by atoms with E-state index in [-0.39, 0.29) is 29.4 Å². The van der Waals surface area contributed by atoms with Crippen LogP contribution in [0, 0.1) is 18.7 Å². The van der Waals surface area contributed by atoms with Crippen LogP contribution in [0.4, 0.5) is 10.1 Å². The van der Waals surface area contributed by atoms with Crippen LogP contribution >= 0.6 is 0 Å². The number of amides is 1. The van der Waals surface area contributed by atoms with Crippen LogP contribution in [0.15, 0.2) is 18.2 Å². The molecule has 2 unspecified atom stereocenters. The number of benzene rings is 1. The van der Waals surface area contributed by atoms with E-state index in [9.17, 15) is 9.18 Å². The molecule has 3 N–H and O–H groups in total. The summed E-state index contributed by atoms with van der Waals surface area (Å²) >= 11 is 0. The number of rotatable bonds is 2. The second-order valence-electron chi connectivity index (χ2n) is 4.70. The van der Waals surface area contributed by atoms with Crippen molar-refractivity contribution in [2.45, 2.75) is 32.2 Å². The van der Waals surface area contributed by atoms with Crippen molar-refractivity contribution in [1.82, 2.24) is 0 Å². The summed E-state index contributed by atoms with van der Waals surface area (Å²) < 4.78 is 13.7. The van der Waals surface area contributed by atoms with Crippen molar-refractivity contribution in [2.24, 2.45) is 11.7 Å². The topological polar surface area (TPSA) is 55.1 Å². The van der Waals surface area contributed by atoms with E-state index in [1.807, 2.05) is 0 Å². The van der Waals surface area contributed by atoms with Crippen LogP contribution in [-0.4, -0.2) is 11.9 Å². The standard InChI is InChI=1S/C13H17FN2O/c1-8-3-2-4-11(12(8)14)16-13(17)9-5-6-10(15)7-9/h2-4,9-10H,5-7,15H2,1H3,(H,16,17). The van der Waals surface area contributed by atoms with Gasteiger partial charge in [0, 0.05) is 12.0 Å². The zero-order valence-electron chi connectivity index (χ0n) is 9.87. The van der Waals surface area contributed by atoms with E-state index in [1.54, 1.807) is 25.1 Å². The molecule has 0 bridgehead atoms. The number of aryl methyl sites for hydroxylation is 1. The van der Waals surface area contributed by atoms with E-state index < -0.39 is 0 Å². The first kappa shape index (κ1) is 12.0. The predicted octanol–water partition coefficient (Wildman–Crippen LogP) is 2.20. The summed E-state index contributed by atoms with van der Waals surface area (Å²) in [7, 11) is 0. The fraction of sp³-hybridized carbons (Fsp3) is 0.462. The Hall–Kier alpha value is -1.42. The van der Waals surface area contributed by atoms with E-state index in [0.717, 1.165) is 12.8 Å².